The van der Waals surface area contributed by atoms with Crippen molar-refractivity contribution in [3.63, 3.8) is 0 Å². The summed E-state index contributed by atoms with van der Waals surface area (Å²) in [6.45, 7) is 1.46. The molecule has 2 heterocycles. The summed E-state index contributed by atoms with van der Waals surface area (Å²) in [7, 11) is -7.95. The summed E-state index contributed by atoms with van der Waals surface area (Å²) < 4.78 is 48.3. The van der Waals surface area contributed by atoms with Gasteiger partial charge in [0.25, 0.3) is 10.0 Å². The number of nitrogens with one attached hydrogen (secondary N) is 1. The van der Waals surface area contributed by atoms with Crippen LogP contribution < -0.4 is 9.86 Å². The van der Waals surface area contributed by atoms with E-state index in [4.69, 9.17) is 16.7 Å². The second-order valence-electron chi connectivity index (χ2n) is 6.34. The summed E-state index contributed by atoms with van der Waals surface area (Å²) in [6, 6.07) is 16.9. The van der Waals surface area contributed by atoms with Crippen LogP contribution in [0.2, 0.25) is 5.02 Å². The Bertz CT molecular complexity index is 1290. The summed E-state index contributed by atoms with van der Waals surface area (Å²) in [5.74, 6) is 0.168. The largest absolute Gasteiger partial charge is 0.267 e. The Morgan fingerprint density at radius 1 is 1.13 bits per heavy atom. The van der Waals surface area contributed by atoms with Crippen LogP contribution in [-0.2, 0) is 26.5 Å². The molecule has 0 bridgehead atoms. The summed E-state index contributed by atoms with van der Waals surface area (Å²) in [5, 5.41) is 6.89. The average Bonchev–Trinajstić information content (AvgIpc) is 3.13. The van der Waals surface area contributed by atoms with E-state index in [1.807, 2.05) is 11.3 Å². The van der Waals surface area contributed by atoms with Gasteiger partial charge in [0.1, 0.15) is 15.6 Å². The van der Waals surface area contributed by atoms with Gasteiger partial charge in [-0.15, -0.1) is 11.3 Å². The topological polar surface area (TPSA) is 119 Å². The van der Waals surface area contributed by atoms with E-state index in [1.165, 1.54) is 17.4 Å². The predicted molar refractivity (Wildman–Crippen MR) is 119 cm³/mol. The van der Waals surface area contributed by atoms with Gasteiger partial charge in [-0.2, -0.15) is 0 Å². The molecule has 0 amide bonds. The molecule has 0 unspecified atom stereocenters. The molecular weight excluding hydrogens is 466 g/mol. The van der Waals surface area contributed by atoms with Crippen molar-refractivity contribution in [3.05, 3.63) is 75.4 Å². The number of rotatable bonds is 3. The average molecular weight is 484 g/mol. The van der Waals surface area contributed by atoms with E-state index >= 15 is 0 Å². The molecule has 11 heteroatoms. The van der Waals surface area contributed by atoms with E-state index in [1.54, 1.807) is 0 Å². The van der Waals surface area contributed by atoms with Crippen molar-refractivity contribution in [3.8, 4) is 0 Å². The summed E-state index contributed by atoms with van der Waals surface area (Å²) in [4.78, 5) is 4.63. The lowest BCUT2D eigenvalue weighted by atomic mass is 10.1. The van der Waals surface area contributed by atoms with Crippen LogP contribution in [0.15, 0.2) is 74.8 Å². The first-order valence-electron chi connectivity index (χ1n) is 8.57. The highest BCUT2D eigenvalue weighted by Crippen LogP contribution is 2.34. The Hall–Kier alpha value is -2.24. The number of benzene rings is 2. The molecule has 0 spiro atoms. The van der Waals surface area contributed by atoms with E-state index in [2.05, 4.69) is 57.6 Å². The third-order valence-electron chi connectivity index (χ3n) is 3.98. The van der Waals surface area contributed by atoms with Gasteiger partial charge in [-0.05, 0) is 36.1 Å². The lowest BCUT2D eigenvalue weighted by Gasteiger charge is -2.16. The minimum absolute atomic E-state index is 0.0728. The Morgan fingerprint density at radius 2 is 1.83 bits per heavy atom. The molecule has 1 aliphatic rings. The summed E-state index contributed by atoms with van der Waals surface area (Å²) in [5.41, 5.74) is 1.46. The Balaban J connectivity index is 0.000000184. The number of thiophene rings is 1. The van der Waals surface area contributed by atoms with Crippen LogP contribution in [0.3, 0.4) is 0 Å². The number of hydrogen-bond donors (Lipinski definition) is 2. The molecule has 0 saturated carbocycles. The third-order valence-corrected chi connectivity index (χ3v) is 7.70. The van der Waals surface area contributed by atoms with Crippen LogP contribution in [0.5, 0.6) is 0 Å². The van der Waals surface area contributed by atoms with Gasteiger partial charge >= 0.3 is 0 Å². The number of primary sulfonamides is 1. The first-order chi connectivity index (χ1) is 14.1. The first kappa shape index (κ1) is 22.4. The molecule has 0 radical (unpaired) electrons. The summed E-state index contributed by atoms with van der Waals surface area (Å²) >= 11 is 7.56. The third kappa shape index (κ3) is 5.46. The van der Waals surface area contributed by atoms with Crippen molar-refractivity contribution >= 4 is 54.5 Å². The van der Waals surface area contributed by atoms with Crippen LogP contribution >= 0.6 is 22.9 Å². The van der Waals surface area contributed by atoms with Crippen molar-refractivity contribution in [1.29, 1.82) is 0 Å². The minimum Gasteiger partial charge on any atom is -0.267 e. The Kier molecular flexibility index (Phi) is 6.63. The van der Waals surface area contributed by atoms with Crippen LogP contribution in [-0.4, -0.2) is 22.7 Å². The molecule has 0 atom stereocenters. The lowest BCUT2D eigenvalue weighted by molar-refractivity contribution is 0.591. The van der Waals surface area contributed by atoms with E-state index in [0.717, 1.165) is 18.6 Å². The standard InChI is InChI=1S/C11H10S.C8H8ClN3O4S2/c1-2-5-10(6-3-1)9-11-7-4-8-12-11;1-4-11-6-2-5(9)7(17(10,13)14)3-8(6)18(15,16)12-4/h1-8H,9H2;2-3H,1H3,(H,11,12)(H2,10,13,14). The van der Waals surface area contributed by atoms with Crippen molar-refractivity contribution in [2.24, 2.45) is 10.1 Å². The van der Waals surface area contributed by atoms with Gasteiger partial charge in [0.05, 0.1) is 10.7 Å². The number of amidine groups is 1. The molecule has 0 fully saturated rings. The second-order valence-corrected chi connectivity index (χ2v) is 11.0. The SMILES string of the molecule is CC1=Nc2cc(Cl)c(S(N)(=O)=O)cc2S(=O)(=O)N1.c1ccc(Cc2cccs2)cc1. The number of hydrogen-bond acceptors (Lipinski definition) is 6. The zero-order valence-electron chi connectivity index (χ0n) is 15.7. The molecule has 3 aromatic rings. The van der Waals surface area contributed by atoms with Gasteiger partial charge in [-0.25, -0.2) is 27.0 Å². The van der Waals surface area contributed by atoms with E-state index in [-0.39, 0.29) is 21.4 Å². The molecule has 1 aliphatic heterocycles. The van der Waals surface area contributed by atoms with Gasteiger partial charge in [0, 0.05) is 11.3 Å². The van der Waals surface area contributed by atoms with E-state index in [0.29, 0.717) is 0 Å². The van der Waals surface area contributed by atoms with Gasteiger partial charge in [0.15, 0.2) is 0 Å². The molecule has 30 heavy (non-hydrogen) atoms. The predicted octanol–water partition coefficient (Wildman–Crippen LogP) is 3.67. The van der Waals surface area contributed by atoms with Crippen LogP contribution in [0.4, 0.5) is 5.69 Å². The number of fused-ring (bicyclic) bond motifs is 1. The zero-order chi connectivity index (χ0) is 21.9. The van der Waals surface area contributed by atoms with E-state index < -0.39 is 24.9 Å². The minimum atomic E-state index is -4.10. The maximum Gasteiger partial charge on any atom is 0.264 e. The molecule has 2 aromatic carbocycles. The lowest BCUT2D eigenvalue weighted by Crippen LogP contribution is -2.31. The molecule has 3 N–H and O–H groups in total. The maximum absolute atomic E-state index is 11.8. The highest BCUT2D eigenvalue weighted by molar-refractivity contribution is 7.90. The smallest absolute Gasteiger partial charge is 0.264 e. The van der Waals surface area contributed by atoms with Gasteiger partial charge in [0.2, 0.25) is 10.0 Å². The molecule has 4 rings (SSSR count). The quantitative estimate of drug-likeness (QED) is 0.590. The fourth-order valence-corrected chi connectivity index (χ4v) is 5.81. The molecule has 1 aromatic heterocycles. The van der Waals surface area contributed by atoms with Crippen molar-refractivity contribution in [1.82, 2.24) is 4.72 Å². The summed E-state index contributed by atoms with van der Waals surface area (Å²) in [6.07, 6.45) is 1.07. The number of halogens is 1. The molecule has 7 nitrogen and oxygen atoms in total. The molecule has 158 valence electrons. The van der Waals surface area contributed by atoms with Crippen LogP contribution in [0.1, 0.15) is 17.4 Å². The Labute approximate surface area is 184 Å². The monoisotopic (exact) mass is 483 g/mol. The number of sulfonamides is 2. The fourth-order valence-electron chi connectivity index (χ4n) is 2.71. The van der Waals surface area contributed by atoms with E-state index in [9.17, 15) is 16.8 Å². The number of nitrogens with two attached hydrogens (primary N) is 1. The Morgan fingerprint density at radius 3 is 2.43 bits per heavy atom. The number of nitrogens with zero attached hydrogens (tertiary/aromatic N) is 1. The van der Waals surface area contributed by atoms with Gasteiger partial charge in [-0.3, -0.25) is 4.72 Å². The van der Waals surface area contributed by atoms with Crippen molar-refractivity contribution < 1.29 is 16.8 Å². The second kappa shape index (κ2) is 8.86. The van der Waals surface area contributed by atoms with Crippen LogP contribution in [0.25, 0.3) is 0 Å². The zero-order valence-corrected chi connectivity index (χ0v) is 18.9. The van der Waals surface area contributed by atoms with Crippen molar-refractivity contribution in [2.75, 3.05) is 0 Å². The molecule has 0 aliphatic carbocycles. The number of aliphatic imine (C=N–C) groups is 1. The highest BCUT2D eigenvalue weighted by atomic mass is 35.5. The maximum atomic E-state index is 11.8. The first-order valence-corrected chi connectivity index (χ1v) is 12.9. The molecular formula is C19H18ClN3O4S3. The van der Waals surface area contributed by atoms with Crippen LogP contribution in [0, 0.1) is 0 Å². The van der Waals surface area contributed by atoms with Gasteiger partial charge < -0.3 is 0 Å². The normalized spacial score (nSPS) is 14.6. The highest BCUT2D eigenvalue weighted by Gasteiger charge is 2.27. The fraction of sp³-hybridized carbons (Fsp3) is 0.105. The van der Waals surface area contributed by atoms with Gasteiger partial charge in [-0.1, -0.05) is 48.0 Å². The van der Waals surface area contributed by atoms with Crippen molar-refractivity contribution in [2.45, 2.75) is 23.1 Å². The molecule has 0 saturated heterocycles.